The van der Waals surface area contributed by atoms with E-state index in [0.29, 0.717) is 6.54 Å². The van der Waals surface area contributed by atoms with Gasteiger partial charge in [0.1, 0.15) is 5.56 Å². The summed E-state index contributed by atoms with van der Waals surface area (Å²) >= 11 is 5.74. The van der Waals surface area contributed by atoms with Gasteiger partial charge in [-0.3, -0.25) is 14.9 Å². The molecule has 0 aromatic heterocycles. The number of amides is 1. The highest BCUT2D eigenvalue weighted by molar-refractivity contribution is 6.31. The Kier molecular flexibility index (Phi) is 6.32. The molecule has 1 aliphatic heterocycles. The third-order valence-electron chi connectivity index (χ3n) is 3.93. The van der Waals surface area contributed by atoms with Crippen molar-refractivity contribution in [3.8, 4) is 0 Å². The summed E-state index contributed by atoms with van der Waals surface area (Å²) in [5.41, 5.74) is -0.229. The predicted molar refractivity (Wildman–Crippen MR) is 89.0 cm³/mol. The highest BCUT2D eigenvalue weighted by atomic mass is 35.5. The Hall–Kier alpha value is -1.70. The van der Waals surface area contributed by atoms with Crippen LogP contribution >= 0.6 is 11.6 Å². The SMILES string of the molecule is CN1CCN(CCCNC(=O)c2ccc(Cl)cc2[N+](=O)[O-])CC1. The van der Waals surface area contributed by atoms with Gasteiger partial charge < -0.3 is 15.1 Å². The number of nitro groups is 1. The first-order chi connectivity index (χ1) is 11.0. The standard InChI is InChI=1S/C15H21ClN4O3/c1-18-7-9-19(10-8-18)6-2-5-17-15(21)13-4-3-12(16)11-14(13)20(22)23/h3-4,11H,2,5-10H2,1H3,(H,17,21). The number of nitro benzene ring substituents is 1. The molecule has 1 aromatic carbocycles. The summed E-state index contributed by atoms with van der Waals surface area (Å²) in [6.07, 6.45) is 0.816. The second-order valence-electron chi connectivity index (χ2n) is 5.67. The average molecular weight is 341 g/mol. The number of hydrogen-bond donors (Lipinski definition) is 1. The van der Waals surface area contributed by atoms with Crippen molar-refractivity contribution in [2.45, 2.75) is 6.42 Å². The summed E-state index contributed by atoms with van der Waals surface area (Å²) in [4.78, 5) is 27.1. The van der Waals surface area contributed by atoms with Crippen molar-refractivity contribution < 1.29 is 9.72 Å². The molecule has 2 rings (SSSR count). The quantitative estimate of drug-likeness (QED) is 0.483. The van der Waals surface area contributed by atoms with Crippen LogP contribution in [0.2, 0.25) is 5.02 Å². The molecule has 0 radical (unpaired) electrons. The molecule has 23 heavy (non-hydrogen) atoms. The third-order valence-corrected chi connectivity index (χ3v) is 4.17. The van der Waals surface area contributed by atoms with Crippen LogP contribution in [0.3, 0.4) is 0 Å². The second-order valence-corrected chi connectivity index (χ2v) is 6.11. The maximum atomic E-state index is 12.1. The Morgan fingerprint density at radius 1 is 1.35 bits per heavy atom. The van der Waals surface area contributed by atoms with E-state index in [9.17, 15) is 14.9 Å². The molecule has 1 aliphatic rings. The highest BCUT2D eigenvalue weighted by Crippen LogP contribution is 2.23. The molecule has 0 unspecified atom stereocenters. The number of nitrogens with zero attached hydrogens (tertiary/aromatic N) is 3. The molecule has 0 bridgehead atoms. The molecule has 7 nitrogen and oxygen atoms in total. The number of benzene rings is 1. The Bertz CT molecular complexity index is 574. The molecular weight excluding hydrogens is 320 g/mol. The lowest BCUT2D eigenvalue weighted by Gasteiger charge is -2.32. The predicted octanol–water partition coefficient (Wildman–Crippen LogP) is 1.62. The van der Waals surface area contributed by atoms with Crippen LogP contribution in [0.25, 0.3) is 0 Å². The molecule has 1 heterocycles. The lowest BCUT2D eigenvalue weighted by molar-refractivity contribution is -0.385. The molecule has 1 amide bonds. The minimum atomic E-state index is -0.592. The van der Waals surface area contributed by atoms with Gasteiger partial charge in [0.05, 0.1) is 4.92 Å². The lowest BCUT2D eigenvalue weighted by Crippen LogP contribution is -2.45. The van der Waals surface area contributed by atoms with Crippen LogP contribution in [0, 0.1) is 10.1 Å². The van der Waals surface area contributed by atoms with E-state index in [4.69, 9.17) is 11.6 Å². The van der Waals surface area contributed by atoms with E-state index in [-0.39, 0.29) is 16.3 Å². The number of nitrogens with one attached hydrogen (secondary N) is 1. The van der Waals surface area contributed by atoms with E-state index in [1.54, 1.807) is 0 Å². The van der Waals surface area contributed by atoms with Gasteiger partial charge in [-0.25, -0.2) is 0 Å². The van der Waals surface area contributed by atoms with Gasteiger partial charge in [-0.15, -0.1) is 0 Å². The fourth-order valence-electron chi connectivity index (χ4n) is 2.52. The molecule has 0 aliphatic carbocycles. The number of hydrogen-bond acceptors (Lipinski definition) is 5. The topological polar surface area (TPSA) is 78.7 Å². The summed E-state index contributed by atoms with van der Waals surface area (Å²) in [7, 11) is 2.11. The minimum absolute atomic E-state index is 0.0407. The van der Waals surface area contributed by atoms with Crippen LogP contribution in [-0.4, -0.2) is 66.9 Å². The number of piperazine rings is 1. The van der Waals surface area contributed by atoms with Gasteiger partial charge in [0.15, 0.2) is 0 Å². The molecule has 1 fully saturated rings. The molecular formula is C15H21ClN4O3. The molecule has 126 valence electrons. The zero-order chi connectivity index (χ0) is 16.8. The van der Waals surface area contributed by atoms with E-state index in [0.717, 1.165) is 39.1 Å². The monoisotopic (exact) mass is 340 g/mol. The van der Waals surface area contributed by atoms with Crippen molar-refractivity contribution in [1.82, 2.24) is 15.1 Å². The molecule has 1 aromatic rings. The van der Waals surface area contributed by atoms with Crippen LogP contribution < -0.4 is 5.32 Å². The maximum absolute atomic E-state index is 12.1. The first-order valence-electron chi connectivity index (χ1n) is 7.60. The van der Waals surface area contributed by atoms with Crippen molar-refractivity contribution in [3.63, 3.8) is 0 Å². The van der Waals surface area contributed by atoms with Crippen molar-refractivity contribution in [3.05, 3.63) is 38.9 Å². The highest BCUT2D eigenvalue weighted by Gasteiger charge is 2.20. The maximum Gasteiger partial charge on any atom is 0.283 e. The summed E-state index contributed by atoms with van der Waals surface area (Å²) < 4.78 is 0. The average Bonchev–Trinajstić information content (AvgIpc) is 2.53. The van der Waals surface area contributed by atoms with Crippen molar-refractivity contribution in [1.29, 1.82) is 0 Å². The van der Waals surface area contributed by atoms with Crippen LogP contribution in [0.5, 0.6) is 0 Å². The number of likely N-dealkylation sites (N-methyl/N-ethyl adjacent to an activating group) is 1. The largest absolute Gasteiger partial charge is 0.352 e. The Morgan fingerprint density at radius 2 is 2.04 bits per heavy atom. The van der Waals surface area contributed by atoms with Gasteiger partial charge in [-0.1, -0.05) is 11.6 Å². The lowest BCUT2D eigenvalue weighted by atomic mass is 10.1. The first-order valence-corrected chi connectivity index (χ1v) is 7.98. The van der Waals surface area contributed by atoms with Crippen molar-refractivity contribution in [2.24, 2.45) is 0 Å². The van der Waals surface area contributed by atoms with Gasteiger partial charge >= 0.3 is 0 Å². The zero-order valence-electron chi connectivity index (χ0n) is 13.1. The summed E-state index contributed by atoms with van der Waals surface area (Å²) in [5.74, 6) is -0.438. The number of halogens is 1. The Morgan fingerprint density at radius 3 is 2.70 bits per heavy atom. The van der Waals surface area contributed by atoms with Gasteiger partial charge in [0.2, 0.25) is 0 Å². The number of rotatable bonds is 6. The van der Waals surface area contributed by atoms with Crippen LogP contribution in [0.4, 0.5) is 5.69 Å². The molecule has 0 saturated carbocycles. The Labute approximate surface area is 140 Å². The van der Waals surface area contributed by atoms with Gasteiger partial charge in [0.25, 0.3) is 11.6 Å². The fraction of sp³-hybridized carbons (Fsp3) is 0.533. The molecule has 0 atom stereocenters. The number of carbonyl (C=O) groups is 1. The van der Waals surface area contributed by atoms with E-state index in [2.05, 4.69) is 22.2 Å². The summed E-state index contributed by atoms with van der Waals surface area (Å²) in [6, 6.07) is 4.06. The molecule has 0 spiro atoms. The summed E-state index contributed by atoms with van der Waals surface area (Å²) in [6.45, 7) is 5.59. The zero-order valence-corrected chi connectivity index (χ0v) is 13.9. The van der Waals surface area contributed by atoms with Crippen LogP contribution in [0.15, 0.2) is 18.2 Å². The van der Waals surface area contributed by atoms with Gasteiger partial charge in [-0.05, 0) is 32.1 Å². The Balaban J connectivity index is 1.80. The van der Waals surface area contributed by atoms with Crippen molar-refractivity contribution >= 4 is 23.2 Å². The van der Waals surface area contributed by atoms with Crippen molar-refractivity contribution in [2.75, 3.05) is 46.3 Å². The van der Waals surface area contributed by atoms with E-state index in [1.165, 1.54) is 18.2 Å². The minimum Gasteiger partial charge on any atom is -0.352 e. The van der Waals surface area contributed by atoms with E-state index < -0.39 is 10.8 Å². The van der Waals surface area contributed by atoms with E-state index >= 15 is 0 Å². The molecule has 1 N–H and O–H groups in total. The second kappa shape index (κ2) is 8.24. The first kappa shape index (κ1) is 17.7. The molecule has 8 heteroatoms. The smallest absolute Gasteiger partial charge is 0.283 e. The van der Waals surface area contributed by atoms with E-state index in [1.807, 2.05) is 0 Å². The van der Waals surface area contributed by atoms with Gasteiger partial charge in [-0.2, -0.15) is 0 Å². The number of carbonyl (C=O) groups excluding carboxylic acids is 1. The summed E-state index contributed by atoms with van der Waals surface area (Å²) in [5, 5.41) is 14.0. The van der Waals surface area contributed by atoms with Crippen LogP contribution in [-0.2, 0) is 0 Å². The van der Waals surface area contributed by atoms with Crippen LogP contribution in [0.1, 0.15) is 16.8 Å². The van der Waals surface area contributed by atoms with Gasteiger partial charge in [0, 0.05) is 43.8 Å². The fourth-order valence-corrected chi connectivity index (χ4v) is 2.69. The molecule has 1 saturated heterocycles. The third kappa shape index (κ3) is 5.16. The normalized spacial score (nSPS) is 16.3.